The lowest BCUT2D eigenvalue weighted by atomic mass is 9.26. The van der Waals surface area contributed by atoms with Gasteiger partial charge in [0.25, 0.3) is 0 Å². The number of hydrogen-bond acceptors (Lipinski definition) is 3. The minimum atomic E-state index is -0.0417. The SMILES string of the molecule is c1ccc(B2c3ccccc3C3(c4ccccc4N(c4ccccc4)C4NCCCC43)C3CCCNC23)cc1. The molecule has 0 bridgehead atoms. The van der Waals surface area contributed by atoms with Gasteiger partial charge in [-0.05, 0) is 80.0 Å². The van der Waals surface area contributed by atoms with Crippen molar-refractivity contribution < 1.29 is 0 Å². The first kappa shape index (κ1) is 23.5. The molecule has 5 atom stereocenters. The number of anilines is 2. The minimum Gasteiger partial charge on any atom is -0.325 e. The number of rotatable bonds is 2. The van der Waals surface area contributed by atoms with Crippen LogP contribution >= 0.6 is 0 Å². The smallest absolute Gasteiger partial charge is 0.227 e. The summed E-state index contributed by atoms with van der Waals surface area (Å²) in [6.45, 7) is 2.55. The van der Waals surface area contributed by atoms with Crippen molar-refractivity contribution in [1.82, 2.24) is 10.6 Å². The molecule has 0 amide bonds. The van der Waals surface area contributed by atoms with Crippen LogP contribution in [0.5, 0.6) is 0 Å². The van der Waals surface area contributed by atoms with Crippen molar-refractivity contribution >= 4 is 29.0 Å². The molecule has 4 aliphatic rings. The predicted octanol–water partition coefficient (Wildman–Crippen LogP) is 4.98. The molecule has 2 saturated heterocycles. The van der Waals surface area contributed by atoms with Crippen molar-refractivity contribution in [2.75, 3.05) is 18.0 Å². The van der Waals surface area contributed by atoms with Crippen molar-refractivity contribution in [3.8, 4) is 0 Å². The number of benzene rings is 4. The van der Waals surface area contributed by atoms with Crippen molar-refractivity contribution in [2.24, 2.45) is 11.8 Å². The Morgan fingerprint density at radius 1 is 0.641 bits per heavy atom. The Labute approximate surface area is 232 Å². The molecule has 4 aromatic rings. The van der Waals surface area contributed by atoms with Crippen LogP contribution in [-0.4, -0.2) is 31.9 Å². The maximum Gasteiger partial charge on any atom is 0.227 e. The van der Waals surface area contributed by atoms with Crippen LogP contribution in [0.4, 0.5) is 11.4 Å². The third-order valence-electron chi connectivity index (χ3n) is 10.3. The van der Waals surface area contributed by atoms with E-state index < -0.39 is 0 Å². The molecule has 0 aromatic heterocycles. The molecule has 5 unspecified atom stereocenters. The fourth-order valence-corrected chi connectivity index (χ4v) is 9.07. The molecule has 4 aromatic carbocycles. The molecule has 3 nitrogen and oxygen atoms in total. The summed E-state index contributed by atoms with van der Waals surface area (Å²) in [6, 6.07) is 41.3. The lowest BCUT2D eigenvalue weighted by Gasteiger charge is -2.63. The van der Waals surface area contributed by atoms with Gasteiger partial charge < -0.3 is 10.2 Å². The zero-order valence-corrected chi connectivity index (χ0v) is 22.5. The number of nitrogens with zero attached hydrogens (tertiary/aromatic N) is 1. The molecule has 0 saturated carbocycles. The third kappa shape index (κ3) is 3.38. The van der Waals surface area contributed by atoms with Crippen LogP contribution in [-0.2, 0) is 5.41 Å². The van der Waals surface area contributed by atoms with Gasteiger partial charge in [-0.1, -0.05) is 102 Å². The summed E-state index contributed by atoms with van der Waals surface area (Å²) in [5.41, 5.74) is 8.67. The highest BCUT2D eigenvalue weighted by atomic mass is 15.3. The molecule has 4 heteroatoms. The van der Waals surface area contributed by atoms with Crippen LogP contribution in [0, 0.1) is 11.8 Å². The molecule has 2 N–H and O–H groups in total. The van der Waals surface area contributed by atoms with Crippen LogP contribution in [0.1, 0.15) is 36.8 Å². The number of hydrogen-bond donors (Lipinski definition) is 2. The van der Waals surface area contributed by atoms with Crippen molar-refractivity contribution in [3.05, 3.63) is 120 Å². The first-order chi connectivity index (χ1) is 19.4. The van der Waals surface area contributed by atoms with E-state index in [2.05, 4.69) is 125 Å². The van der Waals surface area contributed by atoms with E-state index in [0.29, 0.717) is 24.5 Å². The molecule has 4 aliphatic heterocycles. The highest BCUT2D eigenvalue weighted by Gasteiger charge is 2.63. The Kier molecular flexibility index (Phi) is 5.67. The molecule has 1 spiro atoms. The molecular weight excluding hydrogens is 473 g/mol. The molecule has 0 radical (unpaired) electrons. The topological polar surface area (TPSA) is 27.3 Å². The molecular formula is C35H36BN3. The largest absolute Gasteiger partial charge is 0.325 e. The average molecular weight is 510 g/mol. The number of para-hydroxylation sites is 2. The van der Waals surface area contributed by atoms with Gasteiger partial charge in [-0.15, -0.1) is 0 Å². The predicted molar refractivity (Wildman–Crippen MR) is 163 cm³/mol. The summed E-state index contributed by atoms with van der Waals surface area (Å²) in [6.07, 6.45) is 5.23. The summed E-state index contributed by atoms with van der Waals surface area (Å²) in [7, 11) is 0. The zero-order valence-electron chi connectivity index (χ0n) is 22.5. The molecule has 4 heterocycles. The van der Waals surface area contributed by atoms with Gasteiger partial charge in [-0.2, -0.15) is 0 Å². The summed E-state index contributed by atoms with van der Waals surface area (Å²) in [4.78, 5) is 2.63. The normalized spacial score (nSPS) is 29.2. The Morgan fingerprint density at radius 3 is 2.10 bits per heavy atom. The van der Waals surface area contributed by atoms with E-state index in [1.165, 1.54) is 53.5 Å². The number of piperidine rings is 2. The Hall–Kier alpha value is -3.34. The molecule has 39 heavy (non-hydrogen) atoms. The second-order valence-electron chi connectivity index (χ2n) is 11.9. The van der Waals surface area contributed by atoms with Crippen LogP contribution in [0.2, 0.25) is 0 Å². The lowest BCUT2D eigenvalue weighted by Crippen LogP contribution is -2.75. The maximum absolute atomic E-state index is 4.12. The second kappa shape index (κ2) is 9.40. The van der Waals surface area contributed by atoms with Crippen LogP contribution in [0.15, 0.2) is 109 Å². The first-order valence-electron chi connectivity index (χ1n) is 14.9. The van der Waals surface area contributed by atoms with Gasteiger partial charge in [0.1, 0.15) is 0 Å². The van der Waals surface area contributed by atoms with E-state index in [0.717, 1.165) is 13.1 Å². The Bertz CT molecular complexity index is 1360. The van der Waals surface area contributed by atoms with E-state index in [1.807, 2.05) is 0 Å². The summed E-state index contributed by atoms with van der Waals surface area (Å²) < 4.78 is 0. The number of fused-ring (bicyclic) bond motifs is 8. The molecule has 194 valence electrons. The highest BCUT2D eigenvalue weighted by Crippen LogP contribution is 2.60. The highest BCUT2D eigenvalue weighted by molar-refractivity contribution is 6.87. The van der Waals surface area contributed by atoms with E-state index in [9.17, 15) is 0 Å². The molecule has 0 aliphatic carbocycles. The van der Waals surface area contributed by atoms with Gasteiger partial charge in [0.2, 0.25) is 6.71 Å². The minimum absolute atomic E-state index is 0.0417. The van der Waals surface area contributed by atoms with Gasteiger partial charge >= 0.3 is 0 Å². The van der Waals surface area contributed by atoms with E-state index >= 15 is 0 Å². The maximum atomic E-state index is 4.12. The van der Waals surface area contributed by atoms with Gasteiger partial charge in [-0.3, -0.25) is 5.32 Å². The average Bonchev–Trinajstić information content (AvgIpc) is 3.02. The fraction of sp³-hybridized carbons (Fsp3) is 0.314. The second-order valence-corrected chi connectivity index (χ2v) is 11.9. The summed E-state index contributed by atoms with van der Waals surface area (Å²) >= 11 is 0. The quantitative estimate of drug-likeness (QED) is 0.374. The van der Waals surface area contributed by atoms with Gasteiger partial charge in [0.15, 0.2) is 0 Å². The van der Waals surface area contributed by atoms with Crippen molar-refractivity contribution in [1.29, 1.82) is 0 Å². The van der Waals surface area contributed by atoms with E-state index in [1.54, 1.807) is 5.56 Å². The summed E-state index contributed by atoms with van der Waals surface area (Å²) in [5, 5.41) is 8.17. The lowest BCUT2D eigenvalue weighted by molar-refractivity contribution is 0.0962. The first-order valence-corrected chi connectivity index (χ1v) is 14.9. The Balaban J connectivity index is 1.44. The third-order valence-corrected chi connectivity index (χ3v) is 10.3. The van der Waals surface area contributed by atoms with E-state index in [-0.39, 0.29) is 11.6 Å². The van der Waals surface area contributed by atoms with E-state index in [4.69, 9.17) is 0 Å². The van der Waals surface area contributed by atoms with Crippen LogP contribution in [0.25, 0.3) is 0 Å². The number of nitrogens with one attached hydrogen (secondary N) is 2. The fourth-order valence-electron chi connectivity index (χ4n) is 9.07. The Morgan fingerprint density at radius 2 is 1.28 bits per heavy atom. The van der Waals surface area contributed by atoms with Crippen molar-refractivity contribution in [2.45, 2.75) is 43.2 Å². The van der Waals surface area contributed by atoms with Gasteiger partial charge in [-0.25, -0.2) is 0 Å². The van der Waals surface area contributed by atoms with Crippen LogP contribution < -0.4 is 26.5 Å². The van der Waals surface area contributed by atoms with Gasteiger partial charge in [0.05, 0.1) is 6.17 Å². The standard InChI is InChI=1S/C35H36BN3/c1-3-13-25(14-4-1)36-31-21-9-7-17-27(31)35(29-19-11-23-37-33(29)36)28-18-8-10-22-32(28)39(26-15-5-2-6-16-26)34-30(35)20-12-24-38-34/h1-10,13-18,21-22,29-30,33-34,37-38H,11-12,19-20,23-24H2. The summed E-state index contributed by atoms with van der Waals surface area (Å²) in [5.74, 6) is 1.42. The van der Waals surface area contributed by atoms with Gasteiger partial charge in [0, 0.05) is 22.7 Å². The molecule has 8 rings (SSSR count). The van der Waals surface area contributed by atoms with Crippen LogP contribution in [0.3, 0.4) is 0 Å². The van der Waals surface area contributed by atoms with Crippen molar-refractivity contribution in [3.63, 3.8) is 0 Å². The molecule has 2 fully saturated rings. The zero-order chi connectivity index (χ0) is 25.8. The monoisotopic (exact) mass is 509 g/mol.